The molecular formula is C33H38N8O4. The predicted octanol–water partition coefficient (Wildman–Crippen LogP) is 3.87. The number of benzene rings is 2. The summed E-state index contributed by atoms with van der Waals surface area (Å²) >= 11 is 0. The van der Waals surface area contributed by atoms with Crippen LogP contribution in [0, 0.1) is 0 Å². The fourth-order valence-corrected chi connectivity index (χ4v) is 6.23. The van der Waals surface area contributed by atoms with Gasteiger partial charge in [0.15, 0.2) is 29.0 Å². The molecular weight excluding hydrogens is 572 g/mol. The van der Waals surface area contributed by atoms with Gasteiger partial charge in [0, 0.05) is 38.7 Å². The molecule has 7 rings (SSSR count). The second-order valence-electron chi connectivity index (χ2n) is 12.0. The van der Waals surface area contributed by atoms with Crippen molar-refractivity contribution in [2.45, 2.75) is 56.5 Å². The molecule has 12 heteroatoms. The zero-order chi connectivity index (χ0) is 31.0. The largest absolute Gasteiger partial charge is 0.394 e. The molecule has 0 amide bonds. The number of nitrogens with zero attached hydrogens (tertiary/aromatic N) is 6. The number of aromatic nitrogens is 6. The fraction of sp³-hybridized carbons (Fsp3) is 0.394. The molecule has 5 aromatic rings. The Bertz CT molecular complexity index is 1700. The van der Waals surface area contributed by atoms with Crippen molar-refractivity contribution in [2.24, 2.45) is 7.05 Å². The molecule has 0 saturated carbocycles. The monoisotopic (exact) mass is 610 g/mol. The number of aliphatic hydroxyl groups is 1. The Morgan fingerprint density at radius 1 is 0.911 bits per heavy atom. The van der Waals surface area contributed by atoms with Crippen molar-refractivity contribution in [3.05, 3.63) is 96.3 Å². The van der Waals surface area contributed by atoms with Gasteiger partial charge in [-0.2, -0.15) is 9.97 Å². The van der Waals surface area contributed by atoms with Crippen LogP contribution in [0.3, 0.4) is 0 Å². The molecule has 12 nitrogen and oxygen atoms in total. The first-order valence-corrected chi connectivity index (χ1v) is 15.3. The molecule has 5 heterocycles. The Hall–Kier alpha value is -4.36. The Balaban J connectivity index is 1.22. The zero-order valence-corrected chi connectivity index (χ0v) is 25.6. The molecule has 234 valence electrons. The van der Waals surface area contributed by atoms with E-state index in [1.807, 2.05) is 48.4 Å². The number of rotatable bonds is 11. The first-order chi connectivity index (χ1) is 21.9. The second-order valence-corrected chi connectivity index (χ2v) is 12.0. The summed E-state index contributed by atoms with van der Waals surface area (Å²) in [6.45, 7) is 4.73. The SMILES string of the molecule is Cn1cnc(CCNc2nc(NCC(c3ccccc3)c3ccccc3)c3ncn([C@@H]4O[C@H](CO)[C@H]5OC(C)(C)O[C@H]54)c3n2)c1. The van der Waals surface area contributed by atoms with Gasteiger partial charge in [-0.05, 0) is 25.0 Å². The standard InChI is InChI=1S/C33H38N8O4/c1-33(2)44-27-25(18-42)43-31(28(27)45-33)41-20-37-26-29(38-32(39-30(26)41)34-15-14-23-17-40(3)19-36-23)35-16-24(21-10-6-4-7-11-21)22-12-8-5-9-13-22/h4-13,17,19-20,24-25,27-28,31,42H,14-16,18H2,1-3H3,(H2,34,35,38,39)/t25-,27-,28-,31-/m1/s1. The molecule has 0 radical (unpaired) electrons. The van der Waals surface area contributed by atoms with Gasteiger partial charge in [0.25, 0.3) is 0 Å². The minimum absolute atomic E-state index is 0.0792. The first kappa shape index (κ1) is 29.4. The normalized spacial score (nSPS) is 22.2. The second kappa shape index (κ2) is 12.2. The van der Waals surface area contributed by atoms with Gasteiger partial charge >= 0.3 is 0 Å². The Kier molecular flexibility index (Phi) is 7.96. The lowest BCUT2D eigenvalue weighted by Crippen LogP contribution is -2.31. The molecule has 2 aromatic carbocycles. The molecule has 3 N–H and O–H groups in total. The van der Waals surface area contributed by atoms with Gasteiger partial charge in [-0.15, -0.1) is 0 Å². The number of aryl methyl sites for hydroxylation is 1. The van der Waals surface area contributed by atoms with E-state index in [1.54, 1.807) is 12.7 Å². The number of nitrogens with one attached hydrogen (secondary N) is 2. The lowest BCUT2D eigenvalue weighted by molar-refractivity contribution is -0.199. The highest BCUT2D eigenvalue weighted by atomic mass is 16.8. The summed E-state index contributed by atoms with van der Waals surface area (Å²) in [5.41, 5.74) is 4.56. The van der Waals surface area contributed by atoms with Crippen LogP contribution in [0.4, 0.5) is 11.8 Å². The summed E-state index contributed by atoms with van der Waals surface area (Å²) < 4.78 is 22.4. The van der Waals surface area contributed by atoms with Gasteiger partial charge in [0.2, 0.25) is 5.95 Å². The van der Waals surface area contributed by atoms with Crippen molar-refractivity contribution < 1.29 is 19.3 Å². The van der Waals surface area contributed by atoms with E-state index in [0.717, 1.165) is 5.69 Å². The fourth-order valence-electron chi connectivity index (χ4n) is 6.23. The van der Waals surface area contributed by atoms with Gasteiger partial charge in [-0.1, -0.05) is 60.7 Å². The topological polar surface area (TPSA) is 133 Å². The van der Waals surface area contributed by atoms with Crippen molar-refractivity contribution in [1.82, 2.24) is 29.1 Å². The maximum atomic E-state index is 10.1. The molecule has 0 unspecified atom stereocenters. The third-order valence-electron chi connectivity index (χ3n) is 8.30. The van der Waals surface area contributed by atoms with E-state index in [4.69, 9.17) is 29.2 Å². The highest BCUT2D eigenvalue weighted by Gasteiger charge is 2.56. The van der Waals surface area contributed by atoms with Crippen LogP contribution < -0.4 is 10.6 Å². The maximum Gasteiger partial charge on any atom is 0.226 e. The number of hydrogen-bond donors (Lipinski definition) is 3. The average molecular weight is 611 g/mol. The zero-order valence-electron chi connectivity index (χ0n) is 25.6. The molecule has 45 heavy (non-hydrogen) atoms. The molecule has 4 atom stereocenters. The number of ether oxygens (including phenoxy) is 3. The van der Waals surface area contributed by atoms with E-state index in [0.29, 0.717) is 42.4 Å². The molecule has 0 bridgehead atoms. The van der Waals surface area contributed by atoms with Crippen LogP contribution >= 0.6 is 0 Å². The summed E-state index contributed by atoms with van der Waals surface area (Å²) in [6.07, 6.45) is 4.21. The van der Waals surface area contributed by atoms with Crippen molar-refractivity contribution in [2.75, 3.05) is 30.3 Å². The number of aliphatic hydroxyl groups excluding tert-OH is 1. The first-order valence-electron chi connectivity index (χ1n) is 15.3. The van der Waals surface area contributed by atoms with Crippen molar-refractivity contribution >= 4 is 22.9 Å². The highest BCUT2D eigenvalue weighted by Crippen LogP contribution is 2.44. The lowest BCUT2D eigenvalue weighted by Gasteiger charge is -2.24. The van der Waals surface area contributed by atoms with E-state index in [2.05, 4.69) is 64.1 Å². The predicted molar refractivity (Wildman–Crippen MR) is 169 cm³/mol. The maximum absolute atomic E-state index is 10.1. The third kappa shape index (κ3) is 6.01. The van der Waals surface area contributed by atoms with E-state index in [9.17, 15) is 5.11 Å². The average Bonchev–Trinajstić information content (AvgIpc) is 3.81. The van der Waals surface area contributed by atoms with Crippen LogP contribution in [0.1, 0.15) is 42.8 Å². The molecule has 2 aliphatic heterocycles. The highest BCUT2D eigenvalue weighted by molar-refractivity contribution is 5.84. The third-order valence-corrected chi connectivity index (χ3v) is 8.30. The summed E-state index contributed by atoms with van der Waals surface area (Å²) in [7, 11) is 1.95. The van der Waals surface area contributed by atoms with Crippen molar-refractivity contribution in [3.8, 4) is 0 Å². The van der Waals surface area contributed by atoms with Crippen LogP contribution in [0.2, 0.25) is 0 Å². The van der Waals surface area contributed by atoms with Gasteiger partial charge in [0.1, 0.15) is 18.3 Å². The van der Waals surface area contributed by atoms with Gasteiger partial charge in [-0.25, -0.2) is 9.97 Å². The smallest absolute Gasteiger partial charge is 0.226 e. The van der Waals surface area contributed by atoms with E-state index in [-0.39, 0.29) is 12.5 Å². The number of imidazole rings is 2. The van der Waals surface area contributed by atoms with Crippen LogP contribution in [0.5, 0.6) is 0 Å². The number of fused-ring (bicyclic) bond motifs is 2. The minimum Gasteiger partial charge on any atom is -0.394 e. The summed E-state index contributed by atoms with van der Waals surface area (Å²) in [4.78, 5) is 19.0. The molecule has 3 aromatic heterocycles. The quantitative estimate of drug-likeness (QED) is 0.202. The van der Waals surface area contributed by atoms with Crippen LogP contribution in [-0.2, 0) is 27.7 Å². The van der Waals surface area contributed by atoms with Crippen molar-refractivity contribution in [1.29, 1.82) is 0 Å². The Morgan fingerprint density at radius 3 is 2.29 bits per heavy atom. The minimum atomic E-state index is -0.801. The number of hydrogen-bond acceptors (Lipinski definition) is 10. The Morgan fingerprint density at radius 2 is 1.62 bits per heavy atom. The van der Waals surface area contributed by atoms with Gasteiger partial charge < -0.3 is 34.5 Å². The molecule has 2 saturated heterocycles. The molecule has 0 aliphatic carbocycles. The summed E-state index contributed by atoms with van der Waals surface area (Å²) in [5, 5.41) is 17.0. The summed E-state index contributed by atoms with van der Waals surface area (Å²) in [6, 6.07) is 20.9. The van der Waals surface area contributed by atoms with Crippen LogP contribution in [0.25, 0.3) is 11.2 Å². The number of anilines is 2. The Labute approximate surface area is 261 Å². The van der Waals surface area contributed by atoms with Crippen molar-refractivity contribution in [3.63, 3.8) is 0 Å². The van der Waals surface area contributed by atoms with E-state index >= 15 is 0 Å². The van der Waals surface area contributed by atoms with Crippen LogP contribution in [-0.4, -0.2) is 78.0 Å². The van der Waals surface area contributed by atoms with Gasteiger partial charge in [0.05, 0.1) is 25.0 Å². The van der Waals surface area contributed by atoms with Crippen LogP contribution in [0.15, 0.2) is 79.5 Å². The molecule has 0 spiro atoms. The van der Waals surface area contributed by atoms with E-state index < -0.39 is 30.3 Å². The summed E-state index contributed by atoms with van der Waals surface area (Å²) in [5.74, 6) is 0.338. The molecule has 2 aliphatic rings. The van der Waals surface area contributed by atoms with Gasteiger partial charge in [-0.3, -0.25) is 4.57 Å². The molecule has 2 fully saturated rings. The van der Waals surface area contributed by atoms with E-state index in [1.165, 1.54) is 11.1 Å². The lowest BCUT2D eigenvalue weighted by atomic mass is 9.91.